The molecule has 18 nitrogen and oxygen atoms in total. The molecule has 0 aliphatic carbocycles. The summed E-state index contributed by atoms with van der Waals surface area (Å²) in [5, 5.41) is 58.0. The van der Waals surface area contributed by atoms with Gasteiger partial charge >= 0.3 is 29.8 Å². The molecule has 0 aromatic heterocycles. The molecule has 4 atom stereocenters. The normalized spacial score (nSPS) is 15.2. The lowest BCUT2D eigenvalue weighted by molar-refractivity contribution is -0.141. The van der Waals surface area contributed by atoms with Crippen LogP contribution in [0.15, 0.2) is 24.2 Å². The number of hydrogen-bond donors (Lipinski definition) is 12. The smallest absolute Gasteiger partial charge is 0.320 e. The highest BCUT2D eigenvalue weighted by molar-refractivity contribution is 5.75. The highest BCUT2D eigenvalue weighted by atomic mass is 16.4. The Balaban J connectivity index is -0.000000280. The van der Waals surface area contributed by atoms with Gasteiger partial charge in [0.25, 0.3) is 5.97 Å². The Hall–Kier alpha value is -4.36. The van der Waals surface area contributed by atoms with Gasteiger partial charge in [0.2, 0.25) is 0 Å². The Morgan fingerprint density at radius 2 is 1.19 bits per heavy atom. The fraction of sp³-hybridized carbons (Fsp3) is 0.520. The van der Waals surface area contributed by atoms with Gasteiger partial charge in [-0.3, -0.25) is 28.8 Å². The lowest BCUT2D eigenvalue weighted by Crippen LogP contribution is -2.32. The van der Waals surface area contributed by atoms with Crippen molar-refractivity contribution >= 4 is 35.8 Å². The molecule has 43 heavy (non-hydrogen) atoms. The molecule has 0 fully saturated rings. The molecule has 18 heteroatoms. The highest BCUT2D eigenvalue weighted by Crippen LogP contribution is 2.10. The Labute approximate surface area is 257 Å². The van der Waals surface area contributed by atoms with Crippen LogP contribution < -0.4 is 28.7 Å². The standard InChI is InChI=1S/C9H11NO3.C6H14N2O2.C5H9NO4.C3H7NO2.C2H4O2/c10-8(9(12)13)5-6-1-3-7(11)4-2-6;7-4-2-1-3-5(8)6(9)10;6-3(5(9)10)1-2-4(7)8;1-2(4)3(5)6;1-2(3)4/h1-4,8,11H,5,10H2,(H,12,13);5H,1-4,7-8H2,(H,9,10);3H,1-2,6H2,(H,7,8)(H,9,10);2H,4H2,1H3,(H,5,6);1H3,(H,3,4)/t8-;5-;3-;2-;/m0000./s1/i3D,4D,5D2;;;;1D3. The fourth-order valence-corrected chi connectivity index (χ4v) is 1.73. The van der Waals surface area contributed by atoms with Crippen LogP contribution in [0.25, 0.3) is 0 Å². The topological polar surface area (TPSA) is 374 Å². The summed E-state index contributed by atoms with van der Waals surface area (Å²) in [6, 6.07) is -3.31. The lowest BCUT2D eigenvalue weighted by Gasteiger charge is -2.05. The average molecular weight is 631 g/mol. The molecule has 0 aliphatic heterocycles. The number of phenolic OH excluding ortho intramolecular Hbond substituents is 1. The number of nitrogens with two attached hydrogens (primary N) is 5. The minimum Gasteiger partial charge on any atom is -0.508 e. The lowest BCUT2D eigenvalue weighted by atomic mass is 10.1. The molecule has 0 saturated carbocycles. The molecule has 248 valence electrons. The first-order chi connectivity index (χ1) is 22.5. The van der Waals surface area contributed by atoms with Gasteiger partial charge in [-0.1, -0.05) is 18.6 Å². The van der Waals surface area contributed by atoms with E-state index in [0.29, 0.717) is 13.0 Å². The largest absolute Gasteiger partial charge is 0.508 e. The first kappa shape index (κ1) is 31.6. The quantitative estimate of drug-likeness (QED) is 0.112. The van der Waals surface area contributed by atoms with E-state index >= 15 is 0 Å². The third kappa shape index (κ3) is 37.6. The van der Waals surface area contributed by atoms with Gasteiger partial charge in [-0.05, 0) is 56.8 Å². The fourth-order valence-electron chi connectivity index (χ4n) is 1.73. The van der Waals surface area contributed by atoms with Gasteiger partial charge in [0, 0.05) is 20.1 Å². The zero-order valence-electron chi connectivity index (χ0n) is 30.2. The predicted octanol–water partition coefficient (Wildman–Crippen LogP) is -1.35. The van der Waals surface area contributed by atoms with E-state index in [1.807, 2.05) is 0 Å². The number of benzene rings is 1. The van der Waals surface area contributed by atoms with E-state index in [4.69, 9.17) is 68.9 Å². The summed E-state index contributed by atoms with van der Waals surface area (Å²) < 4.78 is 48.1. The summed E-state index contributed by atoms with van der Waals surface area (Å²) >= 11 is 0. The molecule has 17 N–H and O–H groups in total. The van der Waals surface area contributed by atoms with Crippen molar-refractivity contribution in [3.63, 3.8) is 0 Å². The average Bonchev–Trinajstić information content (AvgIpc) is 2.98. The van der Waals surface area contributed by atoms with Crippen LogP contribution in [-0.2, 0) is 35.1 Å². The van der Waals surface area contributed by atoms with Crippen LogP contribution in [0.3, 0.4) is 0 Å². The number of carboxylic acid groups (broad SMARTS) is 6. The van der Waals surface area contributed by atoms with Gasteiger partial charge in [-0.2, -0.15) is 0 Å². The van der Waals surface area contributed by atoms with E-state index in [0.717, 1.165) is 25.0 Å². The van der Waals surface area contributed by atoms with Crippen LogP contribution in [0.2, 0.25) is 0 Å². The number of hydrogen-bond acceptors (Lipinski definition) is 12. The molecule has 0 heterocycles. The van der Waals surface area contributed by atoms with E-state index < -0.39 is 91.0 Å². The van der Waals surface area contributed by atoms with Gasteiger partial charge in [0.05, 0.1) is 2.74 Å². The number of aliphatic carboxylic acids is 6. The summed E-state index contributed by atoms with van der Waals surface area (Å²) in [6.45, 7) is -0.811. The van der Waals surface area contributed by atoms with Crippen molar-refractivity contribution in [2.75, 3.05) is 6.54 Å². The summed E-state index contributed by atoms with van der Waals surface area (Å²) in [6.07, 6.45) is -0.485. The molecule has 0 saturated heterocycles. The van der Waals surface area contributed by atoms with Gasteiger partial charge in [0.1, 0.15) is 29.9 Å². The summed E-state index contributed by atoms with van der Waals surface area (Å²) in [4.78, 5) is 59.7. The summed E-state index contributed by atoms with van der Waals surface area (Å²) in [7, 11) is 0. The Morgan fingerprint density at radius 3 is 1.49 bits per heavy atom. The molecule has 1 aromatic carbocycles. The predicted molar refractivity (Wildman–Crippen MR) is 153 cm³/mol. The van der Waals surface area contributed by atoms with Crippen molar-refractivity contribution in [3.8, 4) is 5.75 Å². The van der Waals surface area contributed by atoms with Crippen LogP contribution in [0, 0.1) is 0 Å². The Kier molecular flexibility index (Phi) is 20.4. The molecular weight excluding hydrogens is 578 g/mol. The third-order valence-corrected chi connectivity index (χ3v) is 3.98. The van der Waals surface area contributed by atoms with Gasteiger partial charge in [0.15, 0.2) is 0 Å². The van der Waals surface area contributed by atoms with E-state index in [2.05, 4.69) is 0 Å². The van der Waals surface area contributed by atoms with E-state index in [9.17, 15) is 33.9 Å². The molecule has 0 aliphatic rings. The zero-order chi connectivity index (χ0) is 40.7. The molecular formula is C25H45N5O13. The van der Waals surface area contributed by atoms with Crippen molar-refractivity contribution in [3.05, 3.63) is 29.8 Å². The number of carbonyl (C=O) groups is 6. The first-order valence-electron chi connectivity index (χ1n) is 15.4. The number of aromatic hydroxyl groups is 1. The number of phenols is 1. The molecule has 0 radical (unpaired) electrons. The van der Waals surface area contributed by atoms with Crippen LogP contribution >= 0.6 is 0 Å². The second kappa shape index (κ2) is 27.8. The molecule has 1 aromatic rings. The minimum atomic E-state index is -2.83. The Morgan fingerprint density at radius 1 is 0.791 bits per heavy atom. The SMILES string of the molecule is C[C@H](N)C(=O)O.NCCCC[C@H](N)C(=O)O.N[C@@H](CCC(=O)O)C(=O)O.[2H]C([2H])([2H])C(=O)O.[2H]c1cc(C([2H])([2H])[C@H](N)C(=O)O)cc([2H])c1O. The van der Waals surface area contributed by atoms with Crippen molar-refractivity contribution in [2.24, 2.45) is 28.7 Å². The van der Waals surface area contributed by atoms with Crippen molar-refractivity contribution in [2.45, 2.75) is 76.4 Å². The van der Waals surface area contributed by atoms with Crippen LogP contribution in [-0.4, -0.2) is 102 Å². The number of rotatable bonds is 13. The van der Waals surface area contributed by atoms with Gasteiger partial charge in [-0.25, -0.2) is 0 Å². The van der Waals surface area contributed by atoms with Crippen molar-refractivity contribution in [1.82, 2.24) is 0 Å². The maximum absolute atomic E-state index is 10.6. The zero-order valence-corrected chi connectivity index (χ0v) is 23.2. The highest BCUT2D eigenvalue weighted by Gasteiger charge is 2.13. The van der Waals surface area contributed by atoms with Crippen molar-refractivity contribution < 1.29 is 74.1 Å². The molecule has 0 unspecified atom stereocenters. The Bertz CT molecular complexity index is 1230. The number of unbranched alkanes of at least 4 members (excludes halogenated alkanes) is 1. The van der Waals surface area contributed by atoms with Crippen LogP contribution in [0.5, 0.6) is 5.75 Å². The number of carboxylic acids is 6. The first-order valence-corrected chi connectivity index (χ1v) is 11.9. The van der Waals surface area contributed by atoms with Crippen LogP contribution in [0.4, 0.5) is 0 Å². The third-order valence-electron chi connectivity index (χ3n) is 3.98. The van der Waals surface area contributed by atoms with E-state index in [1.54, 1.807) is 0 Å². The molecule has 0 spiro atoms. The molecule has 0 bridgehead atoms. The summed E-state index contributed by atoms with van der Waals surface area (Å²) in [5.41, 5.74) is 25.2. The van der Waals surface area contributed by atoms with E-state index in [1.165, 1.54) is 6.92 Å². The van der Waals surface area contributed by atoms with Gasteiger partial charge < -0.3 is 64.4 Å². The second-order valence-electron chi connectivity index (χ2n) is 7.88. The van der Waals surface area contributed by atoms with E-state index in [-0.39, 0.29) is 18.4 Å². The summed E-state index contributed by atoms with van der Waals surface area (Å²) in [5.74, 6) is -7.97. The van der Waals surface area contributed by atoms with Gasteiger partial charge in [-0.15, -0.1) is 0 Å². The second-order valence-corrected chi connectivity index (χ2v) is 7.88. The monoisotopic (exact) mass is 630 g/mol. The van der Waals surface area contributed by atoms with Crippen molar-refractivity contribution in [1.29, 1.82) is 0 Å². The maximum atomic E-state index is 10.6. The maximum Gasteiger partial charge on any atom is 0.320 e. The molecule has 0 amide bonds. The minimum absolute atomic E-state index is 0.0231. The van der Waals surface area contributed by atoms with Crippen LogP contribution in [0.1, 0.15) is 61.0 Å². The molecule has 1 rings (SSSR count).